The van der Waals surface area contributed by atoms with Crippen LogP contribution in [0.2, 0.25) is 10.0 Å². The van der Waals surface area contributed by atoms with Gasteiger partial charge in [0.1, 0.15) is 5.82 Å². The predicted octanol–water partition coefficient (Wildman–Crippen LogP) is 4.10. The second-order valence-electron chi connectivity index (χ2n) is 6.74. The van der Waals surface area contributed by atoms with Gasteiger partial charge < -0.3 is 15.5 Å². The van der Waals surface area contributed by atoms with Crippen molar-refractivity contribution < 1.29 is 4.79 Å². The highest BCUT2D eigenvalue weighted by Crippen LogP contribution is 2.32. The summed E-state index contributed by atoms with van der Waals surface area (Å²) in [5, 5.41) is 7.58. The van der Waals surface area contributed by atoms with E-state index in [-0.39, 0.29) is 11.9 Å². The van der Waals surface area contributed by atoms with Crippen LogP contribution in [0, 0.1) is 0 Å². The zero-order valence-corrected chi connectivity index (χ0v) is 15.7. The van der Waals surface area contributed by atoms with Crippen molar-refractivity contribution in [3.63, 3.8) is 0 Å². The summed E-state index contributed by atoms with van der Waals surface area (Å²) >= 11 is 12.1. The number of halogens is 2. The van der Waals surface area contributed by atoms with E-state index in [9.17, 15) is 4.79 Å². The number of pyridine rings is 1. The molecule has 1 aromatic heterocycles. The molecule has 26 heavy (non-hydrogen) atoms. The Bertz CT molecular complexity index is 815. The van der Waals surface area contributed by atoms with E-state index in [1.807, 2.05) is 12.1 Å². The SMILES string of the molecule is O=C(c1cccnc1Nc1ccc(Cl)c(Cl)c1)N1C2CCNCC1CC2. The number of carbonyl (C=O) groups is 1. The number of hydrogen-bond acceptors (Lipinski definition) is 4. The van der Waals surface area contributed by atoms with Gasteiger partial charge in [-0.15, -0.1) is 0 Å². The molecule has 0 aliphatic carbocycles. The maximum Gasteiger partial charge on any atom is 0.258 e. The molecule has 2 aliphatic heterocycles. The number of nitrogens with one attached hydrogen (secondary N) is 2. The van der Waals surface area contributed by atoms with Crippen LogP contribution in [0.1, 0.15) is 29.6 Å². The average Bonchev–Trinajstić information content (AvgIpc) is 2.91. The third-order valence-electron chi connectivity index (χ3n) is 5.11. The Morgan fingerprint density at radius 1 is 1.15 bits per heavy atom. The lowest BCUT2D eigenvalue weighted by Gasteiger charge is -2.28. The second kappa shape index (κ2) is 7.43. The van der Waals surface area contributed by atoms with E-state index in [1.165, 1.54) is 0 Å². The van der Waals surface area contributed by atoms with Gasteiger partial charge in [-0.25, -0.2) is 4.98 Å². The molecule has 3 heterocycles. The van der Waals surface area contributed by atoms with Crippen molar-refractivity contribution in [2.24, 2.45) is 0 Å². The first-order valence-electron chi connectivity index (χ1n) is 8.84. The van der Waals surface area contributed by atoms with E-state index in [2.05, 4.69) is 20.5 Å². The third kappa shape index (κ3) is 3.39. The molecule has 1 amide bonds. The van der Waals surface area contributed by atoms with Gasteiger partial charge in [-0.3, -0.25) is 4.79 Å². The Kier molecular flexibility index (Phi) is 5.02. The van der Waals surface area contributed by atoms with Gasteiger partial charge in [-0.1, -0.05) is 23.2 Å². The van der Waals surface area contributed by atoms with Crippen molar-refractivity contribution in [3.8, 4) is 0 Å². The van der Waals surface area contributed by atoms with E-state index in [4.69, 9.17) is 23.2 Å². The van der Waals surface area contributed by atoms with E-state index in [1.54, 1.807) is 24.4 Å². The Hall–Kier alpha value is -1.82. The maximum atomic E-state index is 13.3. The summed E-state index contributed by atoms with van der Waals surface area (Å²) in [5.74, 6) is 0.573. The van der Waals surface area contributed by atoms with Crippen molar-refractivity contribution in [1.82, 2.24) is 15.2 Å². The van der Waals surface area contributed by atoms with Crippen LogP contribution in [0.3, 0.4) is 0 Å². The summed E-state index contributed by atoms with van der Waals surface area (Å²) in [6.45, 7) is 1.82. The minimum Gasteiger partial charge on any atom is -0.340 e. The molecule has 2 saturated heterocycles. The minimum absolute atomic E-state index is 0.0388. The van der Waals surface area contributed by atoms with Crippen LogP contribution in [0.5, 0.6) is 0 Å². The van der Waals surface area contributed by atoms with Crippen molar-refractivity contribution in [3.05, 3.63) is 52.1 Å². The molecule has 2 aliphatic rings. The Morgan fingerprint density at radius 3 is 2.85 bits per heavy atom. The fraction of sp³-hybridized carbons (Fsp3) is 0.368. The first-order chi connectivity index (χ1) is 12.6. The number of amides is 1. The van der Waals surface area contributed by atoms with Gasteiger partial charge in [0.15, 0.2) is 0 Å². The highest BCUT2D eigenvalue weighted by molar-refractivity contribution is 6.42. The highest BCUT2D eigenvalue weighted by atomic mass is 35.5. The Morgan fingerprint density at radius 2 is 2.00 bits per heavy atom. The maximum absolute atomic E-state index is 13.3. The minimum atomic E-state index is 0.0388. The van der Waals surface area contributed by atoms with Crippen LogP contribution in [-0.2, 0) is 0 Å². The molecule has 2 fully saturated rings. The normalized spacial score (nSPS) is 22.2. The number of anilines is 2. The van der Waals surface area contributed by atoms with E-state index < -0.39 is 0 Å². The number of aromatic nitrogens is 1. The number of carbonyl (C=O) groups excluding carboxylic acids is 1. The molecule has 0 radical (unpaired) electrons. The summed E-state index contributed by atoms with van der Waals surface area (Å²) in [4.78, 5) is 19.8. The van der Waals surface area contributed by atoms with Gasteiger partial charge >= 0.3 is 0 Å². The molecule has 0 spiro atoms. The van der Waals surface area contributed by atoms with Crippen LogP contribution in [0.25, 0.3) is 0 Å². The number of fused-ring (bicyclic) bond motifs is 2. The van der Waals surface area contributed by atoms with Gasteiger partial charge in [0, 0.05) is 30.5 Å². The van der Waals surface area contributed by atoms with Crippen molar-refractivity contribution in [1.29, 1.82) is 0 Å². The summed E-state index contributed by atoms with van der Waals surface area (Å²) in [5.41, 5.74) is 1.32. The molecule has 1 aromatic carbocycles. The molecular weight excluding hydrogens is 371 g/mol. The standard InChI is InChI=1S/C19H20Cl2N4O/c20-16-6-3-12(10-17(16)21)24-18-15(2-1-8-23-18)19(26)25-13-4-5-14(25)11-22-9-7-13/h1-3,6,8,10,13-14,22H,4-5,7,9,11H2,(H,23,24). The van der Waals surface area contributed by atoms with Gasteiger partial charge in [0.05, 0.1) is 15.6 Å². The number of nitrogens with zero attached hydrogens (tertiary/aromatic N) is 2. The quantitative estimate of drug-likeness (QED) is 0.827. The molecule has 2 aromatic rings. The van der Waals surface area contributed by atoms with E-state index >= 15 is 0 Å². The smallest absolute Gasteiger partial charge is 0.258 e. The molecule has 2 N–H and O–H groups in total. The third-order valence-corrected chi connectivity index (χ3v) is 5.85. The first-order valence-corrected chi connectivity index (χ1v) is 9.59. The van der Waals surface area contributed by atoms with Crippen LogP contribution in [-0.4, -0.2) is 41.0 Å². The van der Waals surface area contributed by atoms with Crippen molar-refractivity contribution in [2.45, 2.75) is 31.3 Å². The molecule has 4 rings (SSSR count). The Balaban J connectivity index is 1.63. The zero-order valence-electron chi connectivity index (χ0n) is 14.2. The summed E-state index contributed by atoms with van der Waals surface area (Å²) in [7, 11) is 0. The van der Waals surface area contributed by atoms with Crippen LogP contribution < -0.4 is 10.6 Å². The largest absolute Gasteiger partial charge is 0.340 e. The average molecular weight is 391 g/mol. The summed E-state index contributed by atoms with van der Waals surface area (Å²) < 4.78 is 0. The Labute approximate surface area is 162 Å². The first kappa shape index (κ1) is 17.6. The van der Waals surface area contributed by atoms with Crippen molar-refractivity contribution in [2.75, 3.05) is 18.4 Å². The van der Waals surface area contributed by atoms with E-state index in [0.29, 0.717) is 27.5 Å². The fourth-order valence-electron chi connectivity index (χ4n) is 3.84. The summed E-state index contributed by atoms with van der Waals surface area (Å²) in [6, 6.07) is 9.45. The molecule has 2 bridgehead atoms. The molecule has 2 atom stereocenters. The van der Waals surface area contributed by atoms with E-state index in [0.717, 1.165) is 38.0 Å². The van der Waals surface area contributed by atoms with Gasteiger partial charge in [0.2, 0.25) is 0 Å². The van der Waals surface area contributed by atoms with Crippen LogP contribution in [0.4, 0.5) is 11.5 Å². The summed E-state index contributed by atoms with van der Waals surface area (Å²) in [6.07, 6.45) is 4.81. The highest BCUT2D eigenvalue weighted by Gasteiger charge is 2.39. The van der Waals surface area contributed by atoms with Crippen LogP contribution in [0.15, 0.2) is 36.5 Å². The molecule has 136 valence electrons. The van der Waals surface area contributed by atoms with Gasteiger partial charge in [0.25, 0.3) is 5.91 Å². The number of benzene rings is 1. The molecule has 0 saturated carbocycles. The van der Waals surface area contributed by atoms with Gasteiger partial charge in [-0.05, 0) is 56.1 Å². The molecule has 7 heteroatoms. The lowest BCUT2D eigenvalue weighted by molar-refractivity contribution is 0.0681. The molecule has 5 nitrogen and oxygen atoms in total. The lowest BCUT2D eigenvalue weighted by Crippen LogP contribution is -2.42. The second-order valence-corrected chi connectivity index (χ2v) is 7.56. The lowest BCUT2D eigenvalue weighted by atomic mass is 10.1. The molecule has 2 unspecified atom stereocenters. The monoisotopic (exact) mass is 390 g/mol. The number of rotatable bonds is 3. The number of hydrogen-bond donors (Lipinski definition) is 2. The van der Waals surface area contributed by atoms with Crippen LogP contribution >= 0.6 is 23.2 Å². The van der Waals surface area contributed by atoms with Gasteiger partial charge in [-0.2, -0.15) is 0 Å². The zero-order chi connectivity index (χ0) is 18.1. The predicted molar refractivity (Wildman–Crippen MR) is 104 cm³/mol. The van der Waals surface area contributed by atoms with Crippen molar-refractivity contribution >= 4 is 40.6 Å². The molecular formula is C19H20Cl2N4O. The fourth-order valence-corrected chi connectivity index (χ4v) is 4.14. The topological polar surface area (TPSA) is 57.3 Å².